The van der Waals surface area contributed by atoms with Crippen molar-refractivity contribution >= 4 is 33.8 Å². The van der Waals surface area contributed by atoms with Crippen LogP contribution in [0, 0.1) is 0 Å². The van der Waals surface area contributed by atoms with E-state index in [4.69, 9.17) is 28.8 Å². The predicted octanol–water partition coefficient (Wildman–Crippen LogP) is 9.44. The number of hydrogen-bond donors (Lipinski definition) is 3. The van der Waals surface area contributed by atoms with Crippen LogP contribution in [0.2, 0.25) is 0 Å². The monoisotopic (exact) mass is 705 g/mol. The zero-order valence-electron chi connectivity index (χ0n) is 29.4. The van der Waals surface area contributed by atoms with Crippen molar-refractivity contribution in [3.8, 4) is 0 Å². The van der Waals surface area contributed by atoms with Crippen molar-refractivity contribution in [3.05, 3.63) is 69.4 Å². The Bertz CT molecular complexity index is 863. The fourth-order valence-corrected chi connectivity index (χ4v) is 4.34. The molecule has 0 aromatic heterocycles. The maximum Gasteiger partial charge on any atom is 0.147 e. The van der Waals surface area contributed by atoms with E-state index in [2.05, 4.69) is 60.0 Å². The van der Waals surface area contributed by atoms with Gasteiger partial charge in [0, 0.05) is 39.4 Å². The smallest absolute Gasteiger partial charge is 0.147 e. The average Bonchev–Trinajstić information content (AvgIpc) is 3.17. The minimum absolute atomic E-state index is 0.101. The first-order chi connectivity index (χ1) is 20.9. The topological polar surface area (TPSA) is 102 Å². The van der Waals surface area contributed by atoms with Gasteiger partial charge in [-0.25, -0.2) is 4.39 Å². The van der Waals surface area contributed by atoms with Gasteiger partial charge in [-0.1, -0.05) is 101 Å². The van der Waals surface area contributed by atoms with Crippen molar-refractivity contribution in [2.45, 2.75) is 113 Å². The highest BCUT2D eigenvalue weighted by Crippen LogP contribution is 2.23. The molecule has 0 spiro atoms. The molecule has 0 aromatic carbocycles. The van der Waals surface area contributed by atoms with Crippen molar-refractivity contribution in [1.29, 1.82) is 0 Å². The van der Waals surface area contributed by atoms with Crippen LogP contribution in [0.5, 0.6) is 0 Å². The highest BCUT2D eigenvalue weighted by Gasteiger charge is 2.15. The van der Waals surface area contributed by atoms with Crippen LogP contribution >= 0.6 is 27.5 Å². The van der Waals surface area contributed by atoms with E-state index in [0.29, 0.717) is 24.4 Å². The van der Waals surface area contributed by atoms with E-state index in [9.17, 15) is 9.18 Å². The summed E-state index contributed by atoms with van der Waals surface area (Å²) >= 11 is 8.93. The molecule has 1 aliphatic rings. The molecule has 0 saturated heterocycles. The third kappa shape index (κ3) is 31.6. The van der Waals surface area contributed by atoms with Gasteiger partial charge in [-0.15, -0.1) is 0 Å². The van der Waals surface area contributed by atoms with Gasteiger partial charge in [0.25, 0.3) is 0 Å². The Balaban J connectivity index is -0.000000361. The molecular formula is C35H66BrClFN5O. The van der Waals surface area contributed by atoms with E-state index in [-0.39, 0.29) is 11.6 Å². The highest BCUT2D eigenvalue weighted by atomic mass is 79.9. The zero-order chi connectivity index (χ0) is 34.9. The summed E-state index contributed by atoms with van der Waals surface area (Å²) in [7, 11) is 0. The van der Waals surface area contributed by atoms with Gasteiger partial charge in [-0.3, -0.25) is 9.69 Å². The Labute approximate surface area is 284 Å². The first-order valence-corrected chi connectivity index (χ1v) is 17.3. The molecule has 258 valence electrons. The minimum Gasteiger partial charge on any atom is -0.404 e. The Kier molecular flexibility index (Phi) is 39.7. The van der Waals surface area contributed by atoms with E-state index in [0.717, 1.165) is 60.4 Å². The number of rotatable bonds is 15. The summed E-state index contributed by atoms with van der Waals surface area (Å²) in [6, 6.07) is 0.696. The van der Waals surface area contributed by atoms with E-state index in [1.807, 2.05) is 45.9 Å². The van der Waals surface area contributed by atoms with Crippen LogP contribution in [0.1, 0.15) is 107 Å². The van der Waals surface area contributed by atoms with E-state index in [1.165, 1.54) is 32.0 Å². The molecule has 9 heteroatoms. The van der Waals surface area contributed by atoms with Crippen LogP contribution in [-0.2, 0) is 4.79 Å². The molecule has 0 saturated carbocycles. The fourth-order valence-electron chi connectivity index (χ4n) is 3.95. The van der Waals surface area contributed by atoms with Gasteiger partial charge in [0.1, 0.15) is 12.1 Å². The van der Waals surface area contributed by atoms with Gasteiger partial charge in [-0.2, -0.15) is 0 Å². The van der Waals surface area contributed by atoms with Crippen molar-refractivity contribution in [3.63, 3.8) is 0 Å². The Morgan fingerprint density at radius 1 is 1.09 bits per heavy atom. The standard InChI is InChI=1S/C22H38BrFN2.C5H9Cl.C4H7NO.C2H6N2.C2H6/c1-5-13-25(18-19-11-9-12-20(23)17-22(19)24)15-10-16-26(14-6-2)21(7-3)8-4;1-3-5(6)4-2;1-4(2-5)3-6;1-2(3)4;1-2/h9,11,17,21H,5-8,10,12-16,18H2,1-4H3;3H,4H2,1-2H3;2-3H,5H2,1H3;1,3-4H2;1-2H3/b;5-3+;4-2+;;. The maximum absolute atomic E-state index is 14.4. The number of hydrogen-bond acceptors (Lipinski definition) is 6. The molecule has 0 atom stereocenters. The maximum atomic E-state index is 14.4. The summed E-state index contributed by atoms with van der Waals surface area (Å²) in [5.41, 5.74) is 15.6. The van der Waals surface area contributed by atoms with E-state index < -0.39 is 0 Å². The van der Waals surface area contributed by atoms with Crippen molar-refractivity contribution < 1.29 is 9.18 Å². The van der Waals surface area contributed by atoms with Crippen LogP contribution in [0.4, 0.5) is 4.39 Å². The van der Waals surface area contributed by atoms with Crippen molar-refractivity contribution in [1.82, 2.24) is 9.80 Å². The highest BCUT2D eigenvalue weighted by molar-refractivity contribution is 9.11. The van der Waals surface area contributed by atoms with E-state index in [1.54, 1.807) is 13.0 Å². The molecule has 1 rings (SSSR count). The average molecular weight is 707 g/mol. The van der Waals surface area contributed by atoms with Gasteiger partial charge in [-0.05, 0) is 91.0 Å². The molecule has 6 N–H and O–H groups in total. The molecule has 0 aromatic rings. The zero-order valence-corrected chi connectivity index (χ0v) is 31.7. The summed E-state index contributed by atoms with van der Waals surface area (Å²) in [6.45, 7) is 26.8. The number of allylic oxidation sites excluding steroid dienone is 7. The molecule has 0 unspecified atom stereocenters. The third-order valence-corrected chi connectivity index (χ3v) is 7.18. The van der Waals surface area contributed by atoms with Gasteiger partial charge in [0.05, 0.1) is 5.82 Å². The van der Waals surface area contributed by atoms with Crippen LogP contribution < -0.4 is 17.2 Å². The van der Waals surface area contributed by atoms with Crippen molar-refractivity contribution in [2.24, 2.45) is 17.2 Å². The molecule has 44 heavy (non-hydrogen) atoms. The predicted molar refractivity (Wildman–Crippen MR) is 199 cm³/mol. The van der Waals surface area contributed by atoms with Gasteiger partial charge >= 0.3 is 0 Å². The number of carbonyl (C=O) groups is 1. The van der Waals surface area contributed by atoms with Gasteiger partial charge < -0.3 is 22.1 Å². The Morgan fingerprint density at radius 2 is 1.64 bits per heavy atom. The SMILES string of the molecule is C/C(C=O)=C\N.C/C=C(/Cl)CC.C=C(N)N.CC.CCCN(CCCN(CCC)C(CC)CC)CC1=C(F)C=C(Br)CC=C1. The number of aldehydes is 1. The summed E-state index contributed by atoms with van der Waals surface area (Å²) in [4.78, 5) is 14.6. The molecule has 1 aliphatic carbocycles. The fraction of sp³-hybridized carbons (Fsp3) is 0.629. The lowest BCUT2D eigenvalue weighted by Crippen LogP contribution is -2.38. The summed E-state index contributed by atoms with van der Waals surface area (Å²) in [5, 5.41) is 0.940. The summed E-state index contributed by atoms with van der Waals surface area (Å²) < 4.78 is 15.3. The Hall–Kier alpha value is -1.87. The lowest BCUT2D eigenvalue weighted by molar-refractivity contribution is -0.104. The molecule has 0 bridgehead atoms. The molecule has 6 nitrogen and oxygen atoms in total. The largest absolute Gasteiger partial charge is 0.404 e. The first kappa shape index (κ1) is 49.0. The third-order valence-electron chi connectivity index (χ3n) is 6.14. The summed E-state index contributed by atoms with van der Waals surface area (Å²) in [5.74, 6) is 0.0661. The second kappa shape index (κ2) is 35.6. The second-order valence-electron chi connectivity index (χ2n) is 9.90. The minimum atomic E-state index is -0.101. The number of nitrogens with zero attached hydrogens (tertiary/aromatic N) is 2. The van der Waals surface area contributed by atoms with Crippen LogP contribution in [-0.4, -0.2) is 54.9 Å². The van der Waals surface area contributed by atoms with Gasteiger partial charge in [0.15, 0.2) is 0 Å². The lowest BCUT2D eigenvalue weighted by atomic mass is 10.1. The molecular weight excluding hydrogens is 641 g/mol. The number of nitrogens with two attached hydrogens (primary N) is 3. The number of halogens is 3. The van der Waals surface area contributed by atoms with Crippen LogP contribution in [0.25, 0.3) is 0 Å². The van der Waals surface area contributed by atoms with Crippen LogP contribution in [0.3, 0.4) is 0 Å². The second-order valence-corrected chi connectivity index (χ2v) is 11.4. The normalized spacial score (nSPS) is 12.9. The van der Waals surface area contributed by atoms with Crippen LogP contribution in [0.15, 0.2) is 69.4 Å². The summed E-state index contributed by atoms with van der Waals surface area (Å²) in [6.07, 6.45) is 17.1. The molecule has 0 amide bonds. The first-order valence-electron chi connectivity index (χ1n) is 16.1. The van der Waals surface area contributed by atoms with E-state index >= 15 is 0 Å². The Morgan fingerprint density at radius 3 is 2.00 bits per heavy atom. The molecule has 0 aliphatic heterocycles. The van der Waals surface area contributed by atoms with Crippen molar-refractivity contribution in [2.75, 3.05) is 32.7 Å². The quantitative estimate of drug-likeness (QED) is 0.116. The molecule has 0 heterocycles. The van der Waals surface area contributed by atoms with Gasteiger partial charge in [0.2, 0.25) is 0 Å². The lowest BCUT2D eigenvalue weighted by Gasteiger charge is -2.31. The number of carbonyl (C=O) groups excluding carboxylic acids is 1. The molecule has 0 radical (unpaired) electrons. The molecule has 0 fully saturated rings.